The third-order valence-electron chi connectivity index (χ3n) is 3.53. The van der Waals surface area contributed by atoms with Gasteiger partial charge in [0.2, 0.25) is 17.7 Å². The molecule has 4 N–H and O–H groups in total. The van der Waals surface area contributed by atoms with Gasteiger partial charge in [-0.05, 0) is 18.4 Å². The Kier molecular flexibility index (Phi) is 6.75. The number of nitrogens with one attached hydrogen (secondary N) is 2. The third-order valence-corrected chi connectivity index (χ3v) is 3.53. The number of aryl methyl sites for hydroxylation is 1. The molecule has 0 saturated heterocycles. The molecular formula is C17H25N3O3. The normalized spacial score (nSPS) is 13.3. The average molecular weight is 319 g/mol. The van der Waals surface area contributed by atoms with Crippen LogP contribution in [0.5, 0.6) is 0 Å². The summed E-state index contributed by atoms with van der Waals surface area (Å²) in [6.45, 7) is 6.96. The monoisotopic (exact) mass is 319 g/mol. The maximum Gasteiger partial charge on any atom is 0.243 e. The molecule has 2 atom stereocenters. The predicted molar refractivity (Wildman–Crippen MR) is 88.5 cm³/mol. The van der Waals surface area contributed by atoms with E-state index in [1.807, 2.05) is 45.0 Å². The van der Waals surface area contributed by atoms with E-state index in [1.165, 1.54) is 6.92 Å². The first kappa shape index (κ1) is 18.7. The van der Waals surface area contributed by atoms with Crippen molar-refractivity contribution in [1.29, 1.82) is 0 Å². The quantitative estimate of drug-likeness (QED) is 0.688. The number of amides is 3. The molecule has 1 aromatic carbocycles. The van der Waals surface area contributed by atoms with Crippen LogP contribution in [-0.2, 0) is 20.8 Å². The molecular weight excluding hydrogens is 294 g/mol. The van der Waals surface area contributed by atoms with E-state index in [4.69, 9.17) is 5.73 Å². The summed E-state index contributed by atoms with van der Waals surface area (Å²) in [5.74, 6) is -1.42. The van der Waals surface area contributed by atoms with Crippen molar-refractivity contribution in [1.82, 2.24) is 10.6 Å². The molecule has 0 radical (unpaired) electrons. The highest BCUT2D eigenvalue weighted by Gasteiger charge is 2.27. The number of hydrogen-bond acceptors (Lipinski definition) is 3. The van der Waals surface area contributed by atoms with Crippen LogP contribution in [0.25, 0.3) is 0 Å². The van der Waals surface area contributed by atoms with E-state index in [2.05, 4.69) is 10.6 Å². The summed E-state index contributed by atoms with van der Waals surface area (Å²) in [5, 5.41) is 5.23. The highest BCUT2D eigenvalue weighted by Crippen LogP contribution is 2.08. The Balaban J connectivity index is 2.81. The van der Waals surface area contributed by atoms with E-state index in [0.29, 0.717) is 6.42 Å². The first-order valence-corrected chi connectivity index (χ1v) is 7.63. The summed E-state index contributed by atoms with van der Waals surface area (Å²) in [4.78, 5) is 35.2. The Labute approximate surface area is 136 Å². The fraction of sp³-hybridized carbons (Fsp3) is 0.471. The molecule has 6 nitrogen and oxygen atoms in total. The number of rotatable bonds is 7. The lowest BCUT2D eigenvalue weighted by molar-refractivity contribution is -0.131. The predicted octanol–water partition coefficient (Wildman–Crippen LogP) is 0.668. The fourth-order valence-electron chi connectivity index (χ4n) is 2.20. The summed E-state index contributed by atoms with van der Waals surface area (Å²) in [6, 6.07) is 6.14. The molecule has 0 bridgehead atoms. The fourth-order valence-corrected chi connectivity index (χ4v) is 2.20. The topological polar surface area (TPSA) is 101 Å². The summed E-state index contributed by atoms with van der Waals surface area (Å²) >= 11 is 0. The second-order valence-corrected chi connectivity index (χ2v) is 6.08. The molecule has 23 heavy (non-hydrogen) atoms. The van der Waals surface area contributed by atoms with Crippen LogP contribution in [0.4, 0.5) is 0 Å². The molecule has 3 amide bonds. The lowest BCUT2D eigenvalue weighted by Gasteiger charge is -2.24. The minimum atomic E-state index is -0.819. The van der Waals surface area contributed by atoms with Gasteiger partial charge in [-0.2, -0.15) is 0 Å². The van der Waals surface area contributed by atoms with Gasteiger partial charge in [-0.15, -0.1) is 0 Å². The van der Waals surface area contributed by atoms with Gasteiger partial charge in [0.1, 0.15) is 12.1 Å². The third kappa shape index (κ3) is 6.10. The van der Waals surface area contributed by atoms with E-state index in [0.717, 1.165) is 11.1 Å². The van der Waals surface area contributed by atoms with Gasteiger partial charge in [0.05, 0.1) is 0 Å². The molecule has 0 fully saturated rings. The van der Waals surface area contributed by atoms with Crippen molar-refractivity contribution in [3.05, 3.63) is 35.4 Å². The van der Waals surface area contributed by atoms with Crippen molar-refractivity contribution in [3.8, 4) is 0 Å². The number of nitrogens with two attached hydrogens (primary N) is 1. The van der Waals surface area contributed by atoms with Crippen molar-refractivity contribution < 1.29 is 14.4 Å². The van der Waals surface area contributed by atoms with Gasteiger partial charge in [0, 0.05) is 13.3 Å². The summed E-state index contributed by atoms with van der Waals surface area (Å²) in [5.41, 5.74) is 7.41. The maximum atomic E-state index is 12.3. The van der Waals surface area contributed by atoms with Crippen molar-refractivity contribution in [2.24, 2.45) is 11.7 Å². The average Bonchev–Trinajstić information content (AvgIpc) is 2.45. The Morgan fingerprint density at radius 3 is 2.09 bits per heavy atom. The van der Waals surface area contributed by atoms with Gasteiger partial charge in [-0.25, -0.2) is 0 Å². The largest absolute Gasteiger partial charge is 0.368 e. The smallest absolute Gasteiger partial charge is 0.243 e. The standard InChI is InChI=1S/C17H25N3O3/c1-10(2)15(19-12(4)21)17(23)20-14(16(18)22)9-13-7-5-11(3)6-8-13/h5-8,10,14-15H,9H2,1-4H3,(H2,18,22)(H,19,21)(H,20,23)/t14-,15+/m0/s1. The number of benzene rings is 1. The lowest BCUT2D eigenvalue weighted by atomic mass is 10.0. The zero-order valence-electron chi connectivity index (χ0n) is 14.1. The van der Waals surface area contributed by atoms with Crippen LogP contribution in [0.1, 0.15) is 31.9 Å². The van der Waals surface area contributed by atoms with Crippen LogP contribution < -0.4 is 16.4 Å². The molecule has 0 spiro atoms. The molecule has 0 saturated carbocycles. The maximum absolute atomic E-state index is 12.3. The molecule has 0 aliphatic heterocycles. The Morgan fingerprint density at radius 1 is 1.09 bits per heavy atom. The summed E-state index contributed by atoms with van der Waals surface area (Å²) in [6.07, 6.45) is 0.312. The number of carbonyl (C=O) groups is 3. The van der Waals surface area contributed by atoms with E-state index >= 15 is 0 Å². The molecule has 0 aliphatic rings. The first-order valence-electron chi connectivity index (χ1n) is 7.63. The molecule has 1 aromatic rings. The Hall–Kier alpha value is -2.37. The van der Waals surface area contributed by atoms with E-state index in [-0.39, 0.29) is 11.8 Å². The molecule has 6 heteroatoms. The van der Waals surface area contributed by atoms with Gasteiger partial charge in [-0.3, -0.25) is 14.4 Å². The number of hydrogen-bond donors (Lipinski definition) is 3. The minimum absolute atomic E-state index is 0.105. The zero-order valence-corrected chi connectivity index (χ0v) is 14.1. The second kappa shape index (κ2) is 8.31. The molecule has 0 heterocycles. The summed E-state index contributed by atoms with van der Waals surface area (Å²) in [7, 11) is 0. The molecule has 0 aliphatic carbocycles. The van der Waals surface area contributed by atoms with E-state index in [9.17, 15) is 14.4 Å². The van der Waals surface area contributed by atoms with Crippen LogP contribution in [0.2, 0.25) is 0 Å². The zero-order chi connectivity index (χ0) is 17.6. The summed E-state index contributed by atoms with van der Waals surface area (Å²) < 4.78 is 0. The second-order valence-electron chi connectivity index (χ2n) is 6.08. The first-order chi connectivity index (χ1) is 10.7. The highest BCUT2D eigenvalue weighted by atomic mass is 16.2. The Morgan fingerprint density at radius 2 is 1.65 bits per heavy atom. The van der Waals surface area contributed by atoms with E-state index in [1.54, 1.807) is 0 Å². The van der Waals surface area contributed by atoms with Gasteiger partial charge in [0.15, 0.2) is 0 Å². The van der Waals surface area contributed by atoms with Crippen LogP contribution >= 0.6 is 0 Å². The molecule has 1 rings (SSSR count). The highest BCUT2D eigenvalue weighted by molar-refractivity contribution is 5.91. The SMILES string of the molecule is CC(=O)N[C@@H](C(=O)N[C@@H](Cc1ccc(C)cc1)C(N)=O)C(C)C. The molecule has 126 valence electrons. The molecule has 0 unspecified atom stereocenters. The van der Waals surface area contributed by atoms with Crippen LogP contribution in [0.3, 0.4) is 0 Å². The van der Waals surface area contributed by atoms with Crippen molar-refractivity contribution in [3.63, 3.8) is 0 Å². The van der Waals surface area contributed by atoms with Crippen molar-refractivity contribution >= 4 is 17.7 Å². The number of carbonyl (C=O) groups excluding carboxylic acids is 3. The Bertz CT molecular complexity index is 567. The van der Waals surface area contributed by atoms with Gasteiger partial charge < -0.3 is 16.4 Å². The minimum Gasteiger partial charge on any atom is -0.368 e. The van der Waals surface area contributed by atoms with Crippen molar-refractivity contribution in [2.75, 3.05) is 0 Å². The van der Waals surface area contributed by atoms with Gasteiger partial charge in [0.25, 0.3) is 0 Å². The van der Waals surface area contributed by atoms with Crippen molar-refractivity contribution in [2.45, 2.75) is 46.2 Å². The van der Waals surface area contributed by atoms with Crippen LogP contribution in [0, 0.1) is 12.8 Å². The van der Waals surface area contributed by atoms with E-state index < -0.39 is 23.9 Å². The number of primary amides is 1. The van der Waals surface area contributed by atoms with Gasteiger partial charge in [-0.1, -0.05) is 43.7 Å². The van der Waals surface area contributed by atoms with Gasteiger partial charge >= 0.3 is 0 Å². The van der Waals surface area contributed by atoms with Crippen LogP contribution in [-0.4, -0.2) is 29.8 Å². The molecule has 0 aromatic heterocycles. The van der Waals surface area contributed by atoms with Crippen LogP contribution in [0.15, 0.2) is 24.3 Å². The lowest BCUT2D eigenvalue weighted by Crippen LogP contribution is -2.55.